The summed E-state index contributed by atoms with van der Waals surface area (Å²) in [4.78, 5) is 0. The van der Waals surface area contributed by atoms with Gasteiger partial charge in [0.05, 0.1) is 12.2 Å². The van der Waals surface area contributed by atoms with Crippen molar-refractivity contribution in [2.45, 2.75) is 84.3 Å². The second-order valence-electron chi connectivity index (χ2n) is 9.67. The van der Waals surface area contributed by atoms with E-state index in [4.69, 9.17) is 0 Å². The van der Waals surface area contributed by atoms with Crippen molar-refractivity contribution in [1.29, 1.82) is 0 Å². The van der Waals surface area contributed by atoms with Crippen molar-refractivity contribution in [2.24, 2.45) is 40.4 Å². The summed E-state index contributed by atoms with van der Waals surface area (Å²) in [5, 5.41) is 20.8. The van der Waals surface area contributed by atoms with Gasteiger partial charge in [0.1, 0.15) is 0 Å². The van der Waals surface area contributed by atoms with Crippen molar-refractivity contribution in [3.63, 3.8) is 0 Å². The Morgan fingerprint density at radius 2 is 1.36 bits per heavy atom. The van der Waals surface area contributed by atoms with Gasteiger partial charge in [0.25, 0.3) is 0 Å². The average molecular weight is 306 g/mol. The fourth-order valence-corrected chi connectivity index (χ4v) is 7.68. The van der Waals surface area contributed by atoms with E-state index in [-0.39, 0.29) is 17.6 Å². The lowest BCUT2D eigenvalue weighted by atomic mass is 9.44. The molecule has 0 aromatic rings. The van der Waals surface area contributed by atoms with E-state index in [9.17, 15) is 10.2 Å². The number of fused-ring (bicyclic) bond motifs is 5. The van der Waals surface area contributed by atoms with Crippen LogP contribution in [-0.2, 0) is 0 Å². The number of hydrogen-bond acceptors (Lipinski definition) is 2. The predicted octanol–water partition coefficient (Wildman–Crippen LogP) is 4.00. The third-order valence-electron chi connectivity index (χ3n) is 9.11. The highest BCUT2D eigenvalue weighted by atomic mass is 16.3. The van der Waals surface area contributed by atoms with E-state index in [1.165, 1.54) is 38.5 Å². The van der Waals surface area contributed by atoms with E-state index >= 15 is 0 Å². The summed E-state index contributed by atoms with van der Waals surface area (Å²) in [7, 11) is 0. The Labute approximate surface area is 135 Å². The fraction of sp³-hybridized carbons (Fsp3) is 1.00. The zero-order valence-electron chi connectivity index (χ0n) is 14.6. The summed E-state index contributed by atoms with van der Waals surface area (Å²) >= 11 is 0. The molecule has 4 saturated carbocycles. The van der Waals surface area contributed by atoms with Gasteiger partial charge in [-0.3, -0.25) is 0 Å². The van der Waals surface area contributed by atoms with Crippen molar-refractivity contribution in [1.82, 2.24) is 0 Å². The summed E-state index contributed by atoms with van der Waals surface area (Å²) in [6.45, 7) is 7.21. The molecule has 0 aliphatic heterocycles. The molecule has 4 aliphatic carbocycles. The molecule has 4 aliphatic rings. The van der Waals surface area contributed by atoms with E-state index in [1.807, 2.05) is 0 Å². The first-order valence-electron chi connectivity index (χ1n) is 9.74. The minimum Gasteiger partial charge on any atom is -0.393 e. The van der Waals surface area contributed by atoms with Crippen LogP contribution in [0.5, 0.6) is 0 Å². The Balaban J connectivity index is 1.64. The lowest BCUT2D eigenvalue weighted by molar-refractivity contribution is -0.152. The molecule has 9 atom stereocenters. The summed E-state index contributed by atoms with van der Waals surface area (Å²) in [5.74, 6) is 3.61. The summed E-state index contributed by atoms with van der Waals surface area (Å²) in [6.07, 6.45) is 9.54. The Bertz CT molecular complexity index is 449. The maximum Gasteiger partial charge on any atom is 0.0596 e. The van der Waals surface area contributed by atoms with Gasteiger partial charge in [-0.25, -0.2) is 0 Å². The molecule has 2 heteroatoms. The second kappa shape index (κ2) is 4.96. The Hall–Kier alpha value is -0.0800. The van der Waals surface area contributed by atoms with Gasteiger partial charge in [-0.2, -0.15) is 0 Å². The van der Waals surface area contributed by atoms with E-state index in [0.717, 1.165) is 30.6 Å². The van der Waals surface area contributed by atoms with Gasteiger partial charge in [0, 0.05) is 0 Å². The van der Waals surface area contributed by atoms with Gasteiger partial charge < -0.3 is 10.2 Å². The normalized spacial score (nSPS) is 61.2. The molecule has 0 saturated heterocycles. The first kappa shape index (κ1) is 15.4. The second-order valence-corrected chi connectivity index (χ2v) is 9.67. The molecule has 0 amide bonds. The molecule has 0 radical (unpaired) electrons. The molecule has 4 rings (SSSR count). The molecule has 4 fully saturated rings. The van der Waals surface area contributed by atoms with Gasteiger partial charge >= 0.3 is 0 Å². The highest BCUT2D eigenvalue weighted by Crippen LogP contribution is 2.66. The number of aliphatic hydroxyl groups is 2. The molecule has 2 N–H and O–H groups in total. The number of hydrogen-bond donors (Lipinski definition) is 2. The van der Waals surface area contributed by atoms with E-state index in [2.05, 4.69) is 20.8 Å². The summed E-state index contributed by atoms with van der Waals surface area (Å²) < 4.78 is 0. The van der Waals surface area contributed by atoms with Gasteiger partial charge in [-0.05, 0) is 91.8 Å². The van der Waals surface area contributed by atoms with E-state index in [0.29, 0.717) is 17.3 Å². The smallest absolute Gasteiger partial charge is 0.0596 e. The van der Waals surface area contributed by atoms with Crippen LogP contribution in [0.25, 0.3) is 0 Å². The molecule has 0 unspecified atom stereocenters. The van der Waals surface area contributed by atoms with Crippen molar-refractivity contribution in [2.75, 3.05) is 0 Å². The van der Waals surface area contributed by atoms with Crippen LogP contribution >= 0.6 is 0 Å². The summed E-state index contributed by atoms with van der Waals surface area (Å²) in [5.41, 5.74) is 0.639. The van der Waals surface area contributed by atoms with Gasteiger partial charge in [0.2, 0.25) is 0 Å². The van der Waals surface area contributed by atoms with Crippen LogP contribution in [-0.4, -0.2) is 22.4 Å². The zero-order valence-corrected chi connectivity index (χ0v) is 14.6. The fourth-order valence-electron chi connectivity index (χ4n) is 7.68. The highest BCUT2D eigenvalue weighted by molar-refractivity contribution is 5.10. The highest BCUT2D eigenvalue weighted by Gasteiger charge is 2.60. The maximum atomic E-state index is 10.5. The average Bonchev–Trinajstić information content (AvgIpc) is 2.79. The predicted molar refractivity (Wildman–Crippen MR) is 88.3 cm³/mol. The molecule has 0 spiro atoms. The van der Waals surface area contributed by atoms with Crippen LogP contribution in [0, 0.1) is 40.4 Å². The van der Waals surface area contributed by atoms with E-state index in [1.54, 1.807) is 0 Å². The molecular weight excluding hydrogens is 272 g/mol. The lowest BCUT2D eigenvalue weighted by Gasteiger charge is -2.62. The first-order chi connectivity index (χ1) is 10.4. The molecule has 126 valence electrons. The van der Waals surface area contributed by atoms with Gasteiger partial charge in [-0.15, -0.1) is 0 Å². The molecule has 0 aromatic heterocycles. The largest absolute Gasteiger partial charge is 0.393 e. The maximum absolute atomic E-state index is 10.5. The van der Waals surface area contributed by atoms with Crippen LogP contribution in [0.1, 0.15) is 72.1 Å². The quantitative estimate of drug-likeness (QED) is 0.710. The topological polar surface area (TPSA) is 40.5 Å². The Kier molecular flexibility index (Phi) is 3.48. The van der Waals surface area contributed by atoms with Crippen LogP contribution < -0.4 is 0 Å². The van der Waals surface area contributed by atoms with E-state index < -0.39 is 0 Å². The minimum atomic E-state index is -0.0724. The van der Waals surface area contributed by atoms with Crippen LogP contribution in [0.4, 0.5) is 0 Å². The third-order valence-corrected chi connectivity index (χ3v) is 9.11. The first-order valence-corrected chi connectivity index (χ1v) is 9.74. The number of rotatable bonds is 0. The van der Waals surface area contributed by atoms with Crippen LogP contribution in [0.15, 0.2) is 0 Å². The minimum absolute atomic E-state index is 0.0592. The van der Waals surface area contributed by atoms with Gasteiger partial charge in [-0.1, -0.05) is 20.8 Å². The Morgan fingerprint density at radius 3 is 2.14 bits per heavy atom. The molecule has 0 aromatic carbocycles. The Morgan fingerprint density at radius 1 is 0.727 bits per heavy atom. The number of aliphatic hydroxyl groups excluding tert-OH is 2. The standard InChI is InChI=1S/C20H34O2/c1-12-14-5-4-13-15-6-7-18(22)20(15,3)10-8-16(13)19(14,2)11-9-17(12)21/h12-18,21-22H,4-11H2,1-3H3/t12-,13-,14-,15-,16-,17-,18+,19-,20-/m0/s1. The van der Waals surface area contributed by atoms with Crippen LogP contribution in [0.3, 0.4) is 0 Å². The summed E-state index contributed by atoms with van der Waals surface area (Å²) in [6, 6.07) is 0. The zero-order chi connectivity index (χ0) is 15.7. The van der Waals surface area contributed by atoms with Crippen molar-refractivity contribution in [3.8, 4) is 0 Å². The third kappa shape index (κ3) is 1.86. The van der Waals surface area contributed by atoms with Crippen molar-refractivity contribution >= 4 is 0 Å². The molecular formula is C20H34O2. The molecule has 2 nitrogen and oxygen atoms in total. The van der Waals surface area contributed by atoms with Gasteiger partial charge in [0.15, 0.2) is 0 Å². The van der Waals surface area contributed by atoms with Crippen LogP contribution in [0.2, 0.25) is 0 Å². The lowest BCUT2D eigenvalue weighted by Crippen LogP contribution is -2.56. The molecule has 0 bridgehead atoms. The van der Waals surface area contributed by atoms with Crippen molar-refractivity contribution < 1.29 is 10.2 Å². The monoisotopic (exact) mass is 306 g/mol. The SMILES string of the molecule is C[C@@H]1[C@@H](O)CC[C@@]2(C)[C@H]1CC[C@@H]1[C@@H]2CC[C@]2(C)[C@H](O)CC[C@@H]12. The van der Waals surface area contributed by atoms with Crippen molar-refractivity contribution in [3.05, 3.63) is 0 Å². The molecule has 22 heavy (non-hydrogen) atoms. The molecule has 0 heterocycles.